The van der Waals surface area contributed by atoms with Crippen LogP contribution in [-0.4, -0.2) is 26.6 Å². The molecule has 144 valence electrons. The molecular formula is C21H33N3O2. The van der Waals surface area contributed by atoms with E-state index in [2.05, 4.69) is 30.7 Å². The topological polar surface area (TPSA) is 89.1 Å². The van der Waals surface area contributed by atoms with Crippen molar-refractivity contribution in [3.8, 4) is 0 Å². The van der Waals surface area contributed by atoms with Gasteiger partial charge in [-0.1, -0.05) is 20.8 Å². The van der Waals surface area contributed by atoms with Crippen molar-refractivity contribution < 1.29 is 9.90 Å². The molecule has 3 N–H and O–H groups in total. The summed E-state index contributed by atoms with van der Waals surface area (Å²) in [6.45, 7) is 8.08. The number of hydrogen-bond donors (Lipinski definition) is 2. The quantitative estimate of drug-likeness (QED) is 0.847. The molecule has 4 saturated carbocycles. The van der Waals surface area contributed by atoms with E-state index in [1.807, 2.05) is 0 Å². The first-order valence-corrected chi connectivity index (χ1v) is 9.88. The molecule has 1 aromatic heterocycles. The van der Waals surface area contributed by atoms with Gasteiger partial charge in [-0.2, -0.15) is 0 Å². The Kier molecular flexibility index (Phi) is 5.13. The highest BCUT2D eigenvalue weighted by Crippen LogP contribution is 2.55. The van der Waals surface area contributed by atoms with Crippen LogP contribution in [0.25, 0.3) is 0 Å². The molecule has 0 unspecified atom stereocenters. The maximum Gasteiger partial charge on any atom is 0.252 e. The number of aromatic nitrogens is 2. The molecule has 4 bridgehead atoms. The van der Waals surface area contributed by atoms with Crippen LogP contribution in [0.3, 0.4) is 0 Å². The Balaban J connectivity index is 0.000000156. The summed E-state index contributed by atoms with van der Waals surface area (Å²) < 4.78 is 0. The minimum absolute atomic E-state index is 0.0744. The number of nitrogens with zero attached hydrogens (tertiary/aromatic N) is 2. The molecule has 1 amide bonds. The van der Waals surface area contributed by atoms with Crippen LogP contribution >= 0.6 is 0 Å². The Labute approximate surface area is 156 Å². The molecule has 4 aliphatic carbocycles. The van der Waals surface area contributed by atoms with Crippen LogP contribution < -0.4 is 5.73 Å². The van der Waals surface area contributed by atoms with Gasteiger partial charge in [0.1, 0.15) is 5.82 Å². The third kappa shape index (κ3) is 4.61. The van der Waals surface area contributed by atoms with E-state index in [1.54, 1.807) is 6.92 Å². The van der Waals surface area contributed by atoms with Gasteiger partial charge < -0.3 is 10.8 Å². The first kappa shape index (κ1) is 19.3. The third-order valence-electron chi connectivity index (χ3n) is 5.96. The summed E-state index contributed by atoms with van der Waals surface area (Å²) in [5, 5.41) is 10.1. The summed E-state index contributed by atoms with van der Waals surface area (Å²) >= 11 is 0. The molecule has 1 heterocycles. The fraction of sp³-hybridized carbons (Fsp3) is 0.762. The second-order valence-electron chi connectivity index (χ2n) is 10.0. The van der Waals surface area contributed by atoms with E-state index in [4.69, 9.17) is 5.73 Å². The van der Waals surface area contributed by atoms with Gasteiger partial charge in [-0.3, -0.25) is 4.79 Å². The van der Waals surface area contributed by atoms with E-state index in [0.717, 1.165) is 42.7 Å². The molecular weight excluding hydrogens is 326 g/mol. The fourth-order valence-corrected chi connectivity index (χ4v) is 5.42. The minimum Gasteiger partial charge on any atom is -0.390 e. The Morgan fingerprint density at radius 2 is 1.69 bits per heavy atom. The maximum absolute atomic E-state index is 11.2. The van der Waals surface area contributed by atoms with Gasteiger partial charge in [-0.15, -0.1) is 0 Å². The molecule has 26 heavy (non-hydrogen) atoms. The van der Waals surface area contributed by atoms with Crippen molar-refractivity contribution in [2.24, 2.45) is 28.9 Å². The summed E-state index contributed by atoms with van der Waals surface area (Å²) in [6.07, 6.45) is 9.89. The Bertz CT molecular complexity index is 643. The normalized spacial score (nSPS) is 32.1. The van der Waals surface area contributed by atoms with Crippen LogP contribution in [0.4, 0.5) is 0 Å². The van der Waals surface area contributed by atoms with E-state index in [0.29, 0.717) is 17.8 Å². The van der Waals surface area contributed by atoms with Gasteiger partial charge in [-0.05, 0) is 75.0 Å². The van der Waals surface area contributed by atoms with Crippen LogP contribution in [0.5, 0.6) is 0 Å². The monoisotopic (exact) mass is 359 g/mol. The van der Waals surface area contributed by atoms with Gasteiger partial charge in [0, 0.05) is 6.20 Å². The molecule has 0 aliphatic heterocycles. The van der Waals surface area contributed by atoms with Crippen molar-refractivity contribution in [2.75, 3.05) is 0 Å². The van der Waals surface area contributed by atoms with Gasteiger partial charge in [0.05, 0.1) is 16.9 Å². The van der Waals surface area contributed by atoms with E-state index < -0.39 is 5.91 Å². The zero-order valence-electron chi connectivity index (χ0n) is 16.6. The van der Waals surface area contributed by atoms with Crippen LogP contribution in [0, 0.1) is 30.1 Å². The highest BCUT2D eigenvalue weighted by atomic mass is 16.3. The van der Waals surface area contributed by atoms with Gasteiger partial charge >= 0.3 is 0 Å². The summed E-state index contributed by atoms with van der Waals surface area (Å²) in [4.78, 5) is 19.4. The zero-order chi connectivity index (χ0) is 19.1. The van der Waals surface area contributed by atoms with Crippen molar-refractivity contribution in [2.45, 2.75) is 78.2 Å². The molecule has 5 heteroatoms. The third-order valence-corrected chi connectivity index (χ3v) is 5.96. The maximum atomic E-state index is 11.2. The smallest absolute Gasteiger partial charge is 0.252 e. The van der Waals surface area contributed by atoms with Crippen LogP contribution in [0.2, 0.25) is 0 Å². The SMILES string of the molecule is Cc1ncc(C(N)=O)c(CC(C)(C)C)n1.OC12CC3CC(CC(C3)C1)C2. The first-order valence-electron chi connectivity index (χ1n) is 9.88. The number of rotatable bonds is 2. The zero-order valence-corrected chi connectivity index (χ0v) is 16.6. The van der Waals surface area contributed by atoms with Crippen molar-refractivity contribution in [1.82, 2.24) is 9.97 Å². The summed E-state index contributed by atoms with van der Waals surface area (Å²) in [6, 6.07) is 0. The number of carbonyl (C=O) groups excluding carboxylic acids is 1. The number of primary amides is 1. The van der Waals surface area contributed by atoms with Gasteiger partial charge in [-0.25, -0.2) is 9.97 Å². The van der Waals surface area contributed by atoms with Crippen LogP contribution in [-0.2, 0) is 6.42 Å². The molecule has 0 atom stereocenters. The van der Waals surface area contributed by atoms with E-state index in [9.17, 15) is 9.90 Å². The Morgan fingerprint density at radius 1 is 1.19 bits per heavy atom. The number of carbonyl (C=O) groups is 1. The molecule has 5 nitrogen and oxygen atoms in total. The van der Waals surface area contributed by atoms with E-state index in [1.165, 1.54) is 25.5 Å². The fourth-order valence-electron chi connectivity index (χ4n) is 5.42. The van der Waals surface area contributed by atoms with Gasteiger partial charge in [0.25, 0.3) is 5.91 Å². The molecule has 0 saturated heterocycles. The van der Waals surface area contributed by atoms with Gasteiger partial charge in [0.15, 0.2) is 0 Å². The first-order chi connectivity index (χ1) is 12.0. The average molecular weight is 360 g/mol. The molecule has 4 aliphatic rings. The van der Waals surface area contributed by atoms with E-state index in [-0.39, 0.29) is 11.0 Å². The number of aliphatic hydroxyl groups is 1. The predicted molar refractivity (Wildman–Crippen MR) is 102 cm³/mol. The number of amides is 1. The van der Waals surface area contributed by atoms with Crippen LogP contribution in [0.15, 0.2) is 6.20 Å². The lowest BCUT2D eigenvalue weighted by atomic mass is 9.54. The molecule has 4 fully saturated rings. The summed E-state index contributed by atoms with van der Waals surface area (Å²) in [5.41, 5.74) is 6.30. The largest absolute Gasteiger partial charge is 0.390 e. The molecule has 0 spiro atoms. The van der Waals surface area contributed by atoms with Crippen molar-refractivity contribution in [1.29, 1.82) is 0 Å². The number of aryl methyl sites for hydroxylation is 1. The highest BCUT2D eigenvalue weighted by molar-refractivity contribution is 5.93. The van der Waals surface area contributed by atoms with Crippen molar-refractivity contribution >= 4 is 5.91 Å². The molecule has 0 aromatic carbocycles. The lowest BCUT2D eigenvalue weighted by Gasteiger charge is -2.54. The Morgan fingerprint density at radius 3 is 2.08 bits per heavy atom. The molecule has 5 rings (SSSR count). The average Bonchev–Trinajstić information content (AvgIpc) is 2.42. The number of nitrogens with two attached hydrogens (primary N) is 1. The van der Waals surface area contributed by atoms with Gasteiger partial charge in [0.2, 0.25) is 0 Å². The molecule has 0 radical (unpaired) electrons. The summed E-state index contributed by atoms with van der Waals surface area (Å²) in [5.74, 6) is 2.89. The minimum atomic E-state index is -0.464. The van der Waals surface area contributed by atoms with Crippen LogP contribution in [0.1, 0.15) is 81.2 Å². The predicted octanol–water partition coefficient (Wildman–Crippen LogP) is 3.42. The van der Waals surface area contributed by atoms with E-state index >= 15 is 0 Å². The standard InChI is InChI=1S/C11H17N3O.C10H16O/c1-7-13-6-8(10(12)15)9(14-7)5-11(2,3)4;11-10-4-7-1-8(5-10)3-9(2-7)6-10/h6H,5H2,1-4H3,(H2,12,15);7-9,11H,1-6H2. The van der Waals surface area contributed by atoms with Crippen molar-refractivity contribution in [3.63, 3.8) is 0 Å². The second kappa shape index (κ2) is 6.91. The summed E-state index contributed by atoms with van der Waals surface area (Å²) in [7, 11) is 0. The highest BCUT2D eigenvalue weighted by Gasteiger charge is 2.49. The van der Waals surface area contributed by atoms with Crippen molar-refractivity contribution in [3.05, 3.63) is 23.3 Å². The molecule has 1 aromatic rings. The lowest BCUT2D eigenvalue weighted by molar-refractivity contribution is -0.124. The number of hydrogen-bond acceptors (Lipinski definition) is 4. The lowest BCUT2D eigenvalue weighted by Crippen LogP contribution is -2.50. The Hall–Kier alpha value is -1.49. The second-order valence-corrected chi connectivity index (χ2v) is 10.0.